The third-order valence-electron chi connectivity index (χ3n) is 6.62. The van der Waals surface area contributed by atoms with Gasteiger partial charge in [0.15, 0.2) is 5.82 Å². The predicted octanol–water partition coefficient (Wildman–Crippen LogP) is 4.89. The number of hydrogen-bond acceptors (Lipinski definition) is 4. The number of carbonyl (C=O) groups excluding carboxylic acids is 1. The monoisotopic (exact) mass is 463 g/mol. The molecule has 1 amide bonds. The Labute approximate surface area is 200 Å². The van der Waals surface area contributed by atoms with Gasteiger partial charge in [-0.1, -0.05) is 48.9 Å². The van der Waals surface area contributed by atoms with Gasteiger partial charge in [0.2, 0.25) is 0 Å². The summed E-state index contributed by atoms with van der Waals surface area (Å²) in [6.07, 6.45) is 6.68. The first-order valence-electron chi connectivity index (χ1n) is 11.9. The van der Waals surface area contributed by atoms with E-state index in [2.05, 4.69) is 46.6 Å². The fraction of sp³-hybridized carbons (Fsp3) is 0.423. The van der Waals surface area contributed by atoms with Crippen LogP contribution in [0.4, 0.5) is 0 Å². The minimum atomic E-state index is -0.00623. The smallest absolute Gasteiger partial charge is 0.255 e. The van der Waals surface area contributed by atoms with Crippen molar-refractivity contribution in [3.63, 3.8) is 0 Å². The molecule has 1 aliphatic carbocycles. The number of amides is 1. The molecule has 5 rings (SSSR count). The summed E-state index contributed by atoms with van der Waals surface area (Å²) in [5.74, 6) is 0.806. The van der Waals surface area contributed by atoms with Gasteiger partial charge in [0, 0.05) is 31.2 Å². The lowest BCUT2D eigenvalue weighted by Gasteiger charge is -2.29. The minimum absolute atomic E-state index is 0.00623. The molecule has 6 nitrogen and oxygen atoms in total. The lowest BCUT2D eigenvalue weighted by Crippen LogP contribution is -2.40. The minimum Gasteiger partial charge on any atom is -0.339 e. The van der Waals surface area contributed by atoms with Gasteiger partial charge in [-0.15, -0.1) is 0 Å². The highest BCUT2D eigenvalue weighted by atomic mass is 35.5. The predicted molar refractivity (Wildman–Crippen MR) is 130 cm³/mol. The van der Waals surface area contributed by atoms with Crippen LogP contribution >= 0.6 is 11.6 Å². The van der Waals surface area contributed by atoms with Gasteiger partial charge < -0.3 is 10.2 Å². The van der Waals surface area contributed by atoms with E-state index in [9.17, 15) is 4.79 Å². The summed E-state index contributed by atoms with van der Waals surface area (Å²) >= 11 is 6.62. The molecule has 7 heteroatoms. The Hall–Kier alpha value is -2.70. The lowest BCUT2D eigenvalue weighted by molar-refractivity contribution is 0.0748. The van der Waals surface area contributed by atoms with Gasteiger partial charge in [0.25, 0.3) is 5.91 Å². The Morgan fingerprint density at radius 3 is 2.76 bits per heavy atom. The van der Waals surface area contributed by atoms with Crippen LogP contribution in [-0.2, 0) is 13.0 Å². The molecule has 1 atom stereocenters. The Kier molecular flexibility index (Phi) is 6.47. The summed E-state index contributed by atoms with van der Waals surface area (Å²) in [5.41, 5.74) is 4.23. The molecule has 1 aliphatic heterocycles. The SMILES string of the molecule is CCCN(CC[C@@H]1Cc2ccccc2CN1)C(=O)c1ccc(-c2ncnn2C2CC2)cc1Cl. The van der Waals surface area contributed by atoms with E-state index < -0.39 is 0 Å². The Morgan fingerprint density at radius 1 is 1.18 bits per heavy atom. The van der Waals surface area contributed by atoms with Crippen molar-refractivity contribution in [3.05, 3.63) is 70.5 Å². The Balaban J connectivity index is 1.27. The van der Waals surface area contributed by atoms with E-state index >= 15 is 0 Å². The Bertz CT molecular complexity index is 1140. The number of carbonyl (C=O) groups is 1. The van der Waals surface area contributed by atoms with Crippen molar-refractivity contribution >= 4 is 17.5 Å². The average molecular weight is 464 g/mol. The molecular formula is C26H30ClN5O. The van der Waals surface area contributed by atoms with Crippen molar-refractivity contribution in [1.82, 2.24) is 25.0 Å². The quantitative estimate of drug-likeness (QED) is 0.516. The summed E-state index contributed by atoms with van der Waals surface area (Å²) in [4.78, 5) is 19.8. The van der Waals surface area contributed by atoms with E-state index in [0.717, 1.165) is 56.6 Å². The molecule has 2 heterocycles. The van der Waals surface area contributed by atoms with Crippen LogP contribution < -0.4 is 5.32 Å². The number of rotatable bonds is 8. The van der Waals surface area contributed by atoms with Crippen molar-refractivity contribution in [2.75, 3.05) is 13.1 Å². The molecule has 3 aromatic rings. The largest absolute Gasteiger partial charge is 0.339 e. The maximum Gasteiger partial charge on any atom is 0.255 e. The first-order chi connectivity index (χ1) is 16.1. The van der Waals surface area contributed by atoms with E-state index in [-0.39, 0.29) is 5.91 Å². The van der Waals surface area contributed by atoms with Gasteiger partial charge >= 0.3 is 0 Å². The van der Waals surface area contributed by atoms with Crippen molar-refractivity contribution in [2.45, 2.75) is 57.7 Å². The van der Waals surface area contributed by atoms with E-state index in [4.69, 9.17) is 11.6 Å². The van der Waals surface area contributed by atoms with Crippen molar-refractivity contribution < 1.29 is 4.79 Å². The molecule has 1 fully saturated rings. The fourth-order valence-electron chi connectivity index (χ4n) is 4.66. The summed E-state index contributed by atoms with van der Waals surface area (Å²) < 4.78 is 1.96. The number of halogens is 1. The van der Waals surface area contributed by atoms with Crippen molar-refractivity contribution in [3.8, 4) is 11.4 Å². The van der Waals surface area contributed by atoms with E-state index in [1.54, 1.807) is 6.33 Å². The van der Waals surface area contributed by atoms with Gasteiger partial charge in [0.05, 0.1) is 16.6 Å². The van der Waals surface area contributed by atoms with E-state index in [0.29, 0.717) is 29.2 Å². The molecular weight excluding hydrogens is 434 g/mol. The molecule has 2 aliphatic rings. The lowest BCUT2D eigenvalue weighted by atomic mass is 9.94. The molecule has 1 N–H and O–H groups in total. The van der Waals surface area contributed by atoms with Gasteiger partial charge in [-0.2, -0.15) is 5.10 Å². The van der Waals surface area contributed by atoms with Crippen LogP contribution in [0.3, 0.4) is 0 Å². The average Bonchev–Trinajstić information content (AvgIpc) is 3.57. The first-order valence-corrected chi connectivity index (χ1v) is 12.3. The van der Waals surface area contributed by atoms with Crippen LogP contribution in [0.2, 0.25) is 5.02 Å². The molecule has 0 radical (unpaired) electrons. The maximum atomic E-state index is 13.4. The van der Waals surface area contributed by atoms with E-state index in [1.807, 2.05) is 27.8 Å². The highest BCUT2D eigenvalue weighted by Gasteiger charge is 2.28. The second kappa shape index (κ2) is 9.65. The van der Waals surface area contributed by atoms with Crippen LogP contribution in [0.5, 0.6) is 0 Å². The standard InChI is InChI=1S/C26H30ClN5O/c1-2-12-31(13-11-21-14-18-5-3-4-6-20(18)16-28-21)26(33)23-10-7-19(15-24(23)27)25-29-17-30-32(25)22-8-9-22/h3-7,10,15,17,21-22,28H,2,8-9,11-14,16H2,1H3/t21-/m1/s1. The summed E-state index contributed by atoms with van der Waals surface area (Å²) in [7, 11) is 0. The zero-order valence-electron chi connectivity index (χ0n) is 19.0. The fourth-order valence-corrected chi connectivity index (χ4v) is 4.92. The maximum absolute atomic E-state index is 13.4. The second-order valence-corrected chi connectivity index (χ2v) is 9.49. The molecule has 1 saturated carbocycles. The molecule has 172 valence electrons. The zero-order valence-corrected chi connectivity index (χ0v) is 19.8. The third kappa shape index (κ3) is 4.82. The molecule has 2 aromatic carbocycles. The number of benzene rings is 2. The number of nitrogens with one attached hydrogen (secondary N) is 1. The molecule has 0 spiro atoms. The Morgan fingerprint density at radius 2 is 2.00 bits per heavy atom. The molecule has 0 bridgehead atoms. The van der Waals surface area contributed by atoms with Crippen LogP contribution in [0, 0.1) is 0 Å². The highest BCUT2D eigenvalue weighted by molar-refractivity contribution is 6.34. The topological polar surface area (TPSA) is 63.1 Å². The number of nitrogens with zero attached hydrogens (tertiary/aromatic N) is 4. The van der Waals surface area contributed by atoms with Gasteiger partial charge in [-0.3, -0.25) is 4.79 Å². The van der Waals surface area contributed by atoms with E-state index in [1.165, 1.54) is 11.1 Å². The van der Waals surface area contributed by atoms with Crippen molar-refractivity contribution in [1.29, 1.82) is 0 Å². The molecule has 1 aromatic heterocycles. The second-order valence-electron chi connectivity index (χ2n) is 9.09. The molecule has 0 saturated heterocycles. The molecule has 33 heavy (non-hydrogen) atoms. The van der Waals surface area contributed by atoms with Crippen LogP contribution in [0.25, 0.3) is 11.4 Å². The van der Waals surface area contributed by atoms with Crippen LogP contribution in [0.15, 0.2) is 48.8 Å². The van der Waals surface area contributed by atoms with Crippen LogP contribution in [0.1, 0.15) is 60.1 Å². The first kappa shape index (κ1) is 22.1. The number of hydrogen-bond donors (Lipinski definition) is 1. The normalized spacial score (nSPS) is 17.6. The summed E-state index contributed by atoms with van der Waals surface area (Å²) in [5, 5.41) is 8.45. The van der Waals surface area contributed by atoms with Gasteiger partial charge in [0.1, 0.15) is 6.33 Å². The number of fused-ring (bicyclic) bond motifs is 1. The third-order valence-corrected chi connectivity index (χ3v) is 6.93. The van der Waals surface area contributed by atoms with Crippen molar-refractivity contribution in [2.24, 2.45) is 0 Å². The summed E-state index contributed by atoms with van der Waals surface area (Å²) in [6.45, 7) is 4.42. The van der Waals surface area contributed by atoms with Gasteiger partial charge in [-0.25, -0.2) is 9.67 Å². The van der Waals surface area contributed by atoms with Gasteiger partial charge in [-0.05, 0) is 55.4 Å². The van der Waals surface area contributed by atoms with Crippen LogP contribution in [-0.4, -0.2) is 44.7 Å². The number of aromatic nitrogens is 3. The molecule has 0 unspecified atom stereocenters. The zero-order chi connectivity index (χ0) is 22.8. The summed E-state index contributed by atoms with van der Waals surface area (Å²) in [6, 6.07) is 15.0. The highest BCUT2D eigenvalue weighted by Crippen LogP contribution is 2.37.